The van der Waals surface area contributed by atoms with Crippen molar-refractivity contribution in [1.29, 1.82) is 0 Å². The van der Waals surface area contributed by atoms with E-state index in [1.54, 1.807) is 0 Å². The third-order valence-electron chi connectivity index (χ3n) is 3.12. The smallest absolute Gasteiger partial charge is 0.244 e. The lowest BCUT2D eigenvalue weighted by Crippen LogP contribution is -2.37. The SMILES string of the molecule is CC(=O)N(CC(=O)Nc1c(F)cccc1F)c1ccc(F)c(Cl)c1. The van der Waals surface area contributed by atoms with Crippen molar-refractivity contribution in [2.45, 2.75) is 6.92 Å². The third-order valence-corrected chi connectivity index (χ3v) is 3.41. The zero-order valence-electron chi connectivity index (χ0n) is 12.4. The van der Waals surface area contributed by atoms with E-state index >= 15 is 0 Å². The Morgan fingerprint density at radius 2 is 1.71 bits per heavy atom. The minimum atomic E-state index is -0.942. The van der Waals surface area contributed by atoms with E-state index in [0.29, 0.717) is 0 Å². The van der Waals surface area contributed by atoms with Crippen LogP contribution in [0.1, 0.15) is 6.92 Å². The molecular formula is C16H12ClF3N2O2. The van der Waals surface area contributed by atoms with Crippen molar-refractivity contribution in [2.24, 2.45) is 0 Å². The summed E-state index contributed by atoms with van der Waals surface area (Å²) in [5.41, 5.74) is -0.429. The Labute approximate surface area is 140 Å². The molecule has 0 atom stereocenters. The number of halogens is 4. The monoisotopic (exact) mass is 356 g/mol. The molecule has 126 valence electrons. The quantitative estimate of drug-likeness (QED) is 0.907. The van der Waals surface area contributed by atoms with Crippen molar-refractivity contribution in [2.75, 3.05) is 16.8 Å². The summed E-state index contributed by atoms with van der Waals surface area (Å²) >= 11 is 5.66. The number of benzene rings is 2. The predicted octanol–water partition coefficient (Wildman–Crippen LogP) is 3.75. The Bertz CT molecular complexity index is 779. The lowest BCUT2D eigenvalue weighted by molar-refractivity contribution is -0.120. The highest BCUT2D eigenvalue weighted by molar-refractivity contribution is 6.31. The molecule has 0 unspecified atom stereocenters. The van der Waals surface area contributed by atoms with Gasteiger partial charge in [0.25, 0.3) is 0 Å². The van der Waals surface area contributed by atoms with Gasteiger partial charge in [-0.25, -0.2) is 13.2 Å². The fourth-order valence-electron chi connectivity index (χ4n) is 1.98. The van der Waals surface area contributed by atoms with Gasteiger partial charge in [-0.2, -0.15) is 0 Å². The average molecular weight is 357 g/mol. The van der Waals surface area contributed by atoms with E-state index in [2.05, 4.69) is 5.32 Å². The number of hydrogen-bond acceptors (Lipinski definition) is 2. The summed E-state index contributed by atoms with van der Waals surface area (Å²) in [6, 6.07) is 6.61. The second kappa shape index (κ2) is 7.35. The van der Waals surface area contributed by atoms with Gasteiger partial charge in [-0.3, -0.25) is 9.59 Å². The summed E-state index contributed by atoms with van der Waals surface area (Å²) in [4.78, 5) is 24.7. The van der Waals surface area contributed by atoms with Crippen LogP contribution in [-0.2, 0) is 9.59 Å². The van der Waals surface area contributed by atoms with Crippen LogP contribution in [0, 0.1) is 17.5 Å². The van der Waals surface area contributed by atoms with Crippen molar-refractivity contribution in [1.82, 2.24) is 0 Å². The summed E-state index contributed by atoms with van der Waals surface area (Å²) < 4.78 is 40.3. The third kappa shape index (κ3) is 4.05. The number of amides is 2. The number of hydrogen-bond donors (Lipinski definition) is 1. The number of para-hydroxylation sites is 1. The Hall–Kier alpha value is -2.54. The minimum Gasteiger partial charge on any atom is -0.320 e. The zero-order valence-corrected chi connectivity index (χ0v) is 13.2. The van der Waals surface area contributed by atoms with E-state index in [4.69, 9.17) is 11.6 Å². The van der Waals surface area contributed by atoms with Crippen molar-refractivity contribution >= 4 is 34.8 Å². The van der Waals surface area contributed by atoms with Gasteiger partial charge >= 0.3 is 0 Å². The first kappa shape index (κ1) is 17.8. The molecule has 2 aromatic carbocycles. The van der Waals surface area contributed by atoms with Crippen LogP contribution >= 0.6 is 11.6 Å². The van der Waals surface area contributed by atoms with Crippen LogP contribution in [0.5, 0.6) is 0 Å². The summed E-state index contributed by atoms with van der Waals surface area (Å²) in [7, 11) is 0. The number of anilines is 2. The minimum absolute atomic E-state index is 0.179. The molecule has 2 aromatic rings. The molecule has 0 aromatic heterocycles. The average Bonchev–Trinajstić information content (AvgIpc) is 2.51. The van der Waals surface area contributed by atoms with Crippen LogP contribution in [0.4, 0.5) is 24.5 Å². The Morgan fingerprint density at radius 3 is 2.25 bits per heavy atom. The molecule has 0 fully saturated rings. The topological polar surface area (TPSA) is 49.4 Å². The van der Waals surface area contributed by atoms with E-state index in [0.717, 1.165) is 29.2 Å². The van der Waals surface area contributed by atoms with Gasteiger partial charge in [0.15, 0.2) is 0 Å². The molecule has 0 aliphatic rings. The molecule has 0 spiro atoms. The second-order valence-electron chi connectivity index (χ2n) is 4.85. The van der Waals surface area contributed by atoms with E-state index in [1.807, 2.05) is 0 Å². The van der Waals surface area contributed by atoms with Crippen molar-refractivity contribution in [3.63, 3.8) is 0 Å². The molecule has 0 saturated carbocycles. The van der Waals surface area contributed by atoms with Crippen LogP contribution in [-0.4, -0.2) is 18.4 Å². The van der Waals surface area contributed by atoms with Crippen molar-refractivity contribution in [3.8, 4) is 0 Å². The van der Waals surface area contributed by atoms with Crippen molar-refractivity contribution < 1.29 is 22.8 Å². The van der Waals surface area contributed by atoms with E-state index in [-0.39, 0.29) is 10.7 Å². The number of nitrogens with zero attached hydrogens (tertiary/aromatic N) is 1. The molecule has 0 heterocycles. The fraction of sp³-hybridized carbons (Fsp3) is 0.125. The number of carbonyl (C=O) groups excluding carboxylic acids is 2. The summed E-state index contributed by atoms with van der Waals surface area (Å²) in [5.74, 6) is -3.91. The summed E-state index contributed by atoms with van der Waals surface area (Å²) in [6.07, 6.45) is 0. The van der Waals surface area contributed by atoms with Gasteiger partial charge in [-0.05, 0) is 30.3 Å². The first-order valence-corrected chi connectivity index (χ1v) is 7.14. The van der Waals surface area contributed by atoms with Crippen LogP contribution in [0.2, 0.25) is 5.02 Å². The molecule has 2 amide bonds. The van der Waals surface area contributed by atoms with Crippen LogP contribution in [0.25, 0.3) is 0 Å². The number of nitrogens with one attached hydrogen (secondary N) is 1. The molecule has 0 aliphatic heterocycles. The highest BCUT2D eigenvalue weighted by Gasteiger charge is 2.19. The Balaban J connectivity index is 2.20. The molecule has 1 N–H and O–H groups in total. The van der Waals surface area contributed by atoms with Crippen LogP contribution in [0.15, 0.2) is 36.4 Å². The van der Waals surface area contributed by atoms with Gasteiger partial charge in [0.05, 0.1) is 5.02 Å². The zero-order chi connectivity index (χ0) is 17.9. The molecular weight excluding hydrogens is 345 g/mol. The molecule has 0 saturated heterocycles. The number of carbonyl (C=O) groups is 2. The molecule has 0 bridgehead atoms. The van der Waals surface area contributed by atoms with E-state index in [1.165, 1.54) is 19.1 Å². The first-order valence-electron chi connectivity index (χ1n) is 6.76. The van der Waals surface area contributed by atoms with Gasteiger partial charge in [-0.15, -0.1) is 0 Å². The highest BCUT2D eigenvalue weighted by Crippen LogP contribution is 2.23. The normalized spacial score (nSPS) is 10.4. The molecule has 0 aliphatic carbocycles. The summed E-state index contributed by atoms with van der Waals surface area (Å²) in [6.45, 7) is 0.666. The van der Waals surface area contributed by atoms with Gasteiger partial charge in [0.2, 0.25) is 11.8 Å². The Morgan fingerprint density at radius 1 is 1.08 bits per heavy atom. The maximum Gasteiger partial charge on any atom is 0.244 e. The molecule has 4 nitrogen and oxygen atoms in total. The molecule has 24 heavy (non-hydrogen) atoms. The molecule has 2 rings (SSSR count). The largest absolute Gasteiger partial charge is 0.320 e. The van der Waals surface area contributed by atoms with Gasteiger partial charge in [0.1, 0.15) is 29.7 Å². The maximum atomic E-state index is 13.5. The second-order valence-corrected chi connectivity index (χ2v) is 5.26. The predicted molar refractivity (Wildman–Crippen MR) is 84.4 cm³/mol. The fourth-order valence-corrected chi connectivity index (χ4v) is 2.15. The Kier molecular flexibility index (Phi) is 5.46. The number of rotatable bonds is 4. The standard InChI is InChI=1S/C16H12ClF3N2O2/c1-9(23)22(10-5-6-12(18)11(17)7-10)8-15(24)21-16-13(19)3-2-4-14(16)20/h2-7H,8H2,1H3,(H,21,24). The molecule has 8 heteroatoms. The lowest BCUT2D eigenvalue weighted by atomic mass is 10.2. The molecule has 0 radical (unpaired) electrons. The van der Waals surface area contributed by atoms with Crippen molar-refractivity contribution in [3.05, 3.63) is 58.9 Å². The highest BCUT2D eigenvalue weighted by atomic mass is 35.5. The van der Waals surface area contributed by atoms with E-state index < -0.39 is 41.5 Å². The maximum absolute atomic E-state index is 13.5. The van der Waals surface area contributed by atoms with E-state index in [9.17, 15) is 22.8 Å². The first-order chi connectivity index (χ1) is 11.3. The van der Waals surface area contributed by atoms with Crippen LogP contribution in [0.3, 0.4) is 0 Å². The van der Waals surface area contributed by atoms with Gasteiger partial charge < -0.3 is 10.2 Å². The summed E-state index contributed by atoms with van der Waals surface area (Å²) in [5, 5.41) is 1.85. The van der Waals surface area contributed by atoms with Gasteiger partial charge in [0, 0.05) is 12.6 Å². The lowest BCUT2D eigenvalue weighted by Gasteiger charge is -2.21. The van der Waals surface area contributed by atoms with Crippen LogP contribution < -0.4 is 10.2 Å². The van der Waals surface area contributed by atoms with Gasteiger partial charge in [-0.1, -0.05) is 17.7 Å².